The number of carbonyl (C=O) groups is 1. The van der Waals surface area contributed by atoms with Gasteiger partial charge in [-0.25, -0.2) is 22.5 Å². The summed E-state index contributed by atoms with van der Waals surface area (Å²) in [6.45, 7) is 2.12. The molecule has 7 nitrogen and oxygen atoms in total. The van der Waals surface area contributed by atoms with Crippen molar-refractivity contribution in [3.05, 3.63) is 113 Å². The molecule has 6 rings (SSSR count). The lowest BCUT2D eigenvalue weighted by Crippen LogP contribution is -2.34. The Hall–Kier alpha value is -3.82. The Bertz CT molecular complexity index is 1720. The zero-order chi connectivity index (χ0) is 28.7. The maximum atomic E-state index is 14.5. The average Bonchev–Trinajstić information content (AvgIpc) is 3.65. The van der Waals surface area contributed by atoms with E-state index in [0.29, 0.717) is 24.1 Å². The number of imidazole rings is 1. The third-order valence-corrected chi connectivity index (χ3v) is 9.72. The minimum absolute atomic E-state index is 0.0890. The second-order valence-corrected chi connectivity index (χ2v) is 12.8. The van der Waals surface area contributed by atoms with E-state index in [1.54, 1.807) is 47.5 Å². The summed E-state index contributed by atoms with van der Waals surface area (Å²) in [5, 5.41) is 0. The molecule has 3 aromatic carbocycles. The predicted molar refractivity (Wildman–Crippen MR) is 155 cm³/mol. The largest absolute Gasteiger partial charge is 0.337 e. The van der Waals surface area contributed by atoms with E-state index in [2.05, 4.69) is 9.71 Å². The van der Waals surface area contributed by atoms with Gasteiger partial charge >= 0.3 is 0 Å². The second kappa shape index (κ2) is 10.9. The smallest absolute Gasteiger partial charge is 0.241 e. The lowest BCUT2D eigenvalue weighted by Gasteiger charge is -2.29. The first kappa shape index (κ1) is 27.4. The first-order valence-corrected chi connectivity index (χ1v) is 15.4. The molecule has 0 saturated heterocycles. The summed E-state index contributed by atoms with van der Waals surface area (Å²) in [6.07, 6.45) is 6.47. The third-order valence-electron chi connectivity index (χ3n) is 8.25. The average molecular weight is 573 g/mol. The molecule has 9 heteroatoms. The van der Waals surface area contributed by atoms with Crippen molar-refractivity contribution in [3.8, 4) is 0 Å². The van der Waals surface area contributed by atoms with Gasteiger partial charge in [-0.15, -0.1) is 0 Å². The van der Waals surface area contributed by atoms with Gasteiger partial charge in [0, 0.05) is 37.1 Å². The number of anilines is 1. The highest BCUT2D eigenvalue weighted by Crippen LogP contribution is 2.50. The molecule has 1 N–H and O–H groups in total. The van der Waals surface area contributed by atoms with Crippen molar-refractivity contribution >= 4 is 21.6 Å². The van der Waals surface area contributed by atoms with Crippen LogP contribution in [0.2, 0.25) is 0 Å². The molecule has 3 atom stereocenters. The van der Waals surface area contributed by atoms with Crippen LogP contribution >= 0.6 is 0 Å². The van der Waals surface area contributed by atoms with Crippen LogP contribution in [-0.2, 0) is 34.8 Å². The zero-order valence-corrected chi connectivity index (χ0v) is 23.9. The summed E-state index contributed by atoms with van der Waals surface area (Å²) in [5.74, 6) is -0.163. The van der Waals surface area contributed by atoms with E-state index in [1.165, 1.54) is 6.07 Å². The van der Waals surface area contributed by atoms with E-state index in [4.69, 9.17) is 0 Å². The SMILES string of the molecule is Cc1cccc(S(=O)(=O)N[C@@H]2CCCc3ccc(N(Cc4nccn4C)C(=O)[C@@H]4C[C@H]4c4ccccc4F)cc32)c1. The highest BCUT2D eigenvalue weighted by molar-refractivity contribution is 7.89. The molecule has 0 radical (unpaired) electrons. The van der Waals surface area contributed by atoms with Crippen LogP contribution in [0.15, 0.2) is 84.0 Å². The van der Waals surface area contributed by atoms with E-state index in [1.807, 2.05) is 49.0 Å². The Morgan fingerprint density at radius 2 is 1.93 bits per heavy atom. The Labute approximate surface area is 240 Å². The molecule has 212 valence electrons. The van der Waals surface area contributed by atoms with Crippen LogP contribution in [-0.4, -0.2) is 23.9 Å². The third kappa shape index (κ3) is 5.56. The van der Waals surface area contributed by atoms with Crippen molar-refractivity contribution in [2.24, 2.45) is 13.0 Å². The fourth-order valence-corrected chi connectivity index (χ4v) is 7.24. The first-order chi connectivity index (χ1) is 19.7. The van der Waals surface area contributed by atoms with Crippen molar-refractivity contribution in [2.75, 3.05) is 4.90 Å². The number of fused-ring (bicyclic) bond motifs is 1. The number of halogens is 1. The molecule has 1 heterocycles. The molecule has 1 aromatic heterocycles. The summed E-state index contributed by atoms with van der Waals surface area (Å²) >= 11 is 0. The summed E-state index contributed by atoms with van der Waals surface area (Å²) in [4.78, 5) is 20.4. The van der Waals surface area contributed by atoms with Crippen LogP contribution in [0, 0.1) is 18.7 Å². The standard InChI is InChI=1S/C32H33FN4O3S/c1-21-7-5-9-24(17-21)41(39,40)35-30-12-6-8-22-13-14-23(18-26(22)30)37(20-31-34-15-16-36(31)2)32(38)28-19-27(28)25-10-3-4-11-29(25)33/h3-5,7,9-11,13-18,27-28,30,35H,6,8,12,19-20H2,1-2H3/t27-,28+,30+/m0/s1. The number of aromatic nitrogens is 2. The lowest BCUT2D eigenvalue weighted by molar-refractivity contribution is -0.120. The number of amides is 1. The van der Waals surface area contributed by atoms with Crippen molar-refractivity contribution in [3.63, 3.8) is 0 Å². The Morgan fingerprint density at radius 1 is 1.10 bits per heavy atom. The van der Waals surface area contributed by atoms with E-state index in [-0.39, 0.29) is 35.0 Å². The minimum atomic E-state index is -3.75. The highest BCUT2D eigenvalue weighted by Gasteiger charge is 2.47. The number of hydrogen-bond acceptors (Lipinski definition) is 4. The Balaban J connectivity index is 1.32. The van der Waals surface area contributed by atoms with Crippen LogP contribution in [0.25, 0.3) is 0 Å². The van der Waals surface area contributed by atoms with Crippen LogP contribution in [0.1, 0.15) is 59.3 Å². The molecule has 0 unspecified atom stereocenters. The van der Waals surface area contributed by atoms with Crippen molar-refractivity contribution in [1.29, 1.82) is 0 Å². The molecular formula is C32H33FN4O3S. The van der Waals surface area contributed by atoms with E-state index >= 15 is 0 Å². The van der Waals surface area contributed by atoms with Gasteiger partial charge in [0.15, 0.2) is 0 Å². The molecular weight excluding hydrogens is 539 g/mol. The van der Waals surface area contributed by atoms with Gasteiger partial charge in [-0.2, -0.15) is 0 Å². The Morgan fingerprint density at radius 3 is 2.68 bits per heavy atom. The molecule has 0 bridgehead atoms. The quantitative estimate of drug-likeness (QED) is 0.300. The molecule has 2 aliphatic carbocycles. The number of benzene rings is 3. The van der Waals surface area contributed by atoms with Crippen LogP contribution in [0.3, 0.4) is 0 Å². The van der Waals surface area contributed by atoms with E-state index in [9.17, 15) is 17.6 Å². The van der Waals surface area contributed by atoms with Crippen LogP contribution in [0.5, 0.6) is 0 Å². The number of carbonyl (C=O) groups excluding carboxylic acids is 1. The molecule has 2 aliphatic rings. The fraction of sp³-hybridized carbons (Fsp3) is 0.312. The van der Waals surface area contributed by atoms with Crippen molar-refractivity contribution in [2.45, 2.75) is 56.0 Å². The first-order valence-electron chi connectivity index (χ1n) is 13.9. The lowest BCUT2D eigenvalue weighted by atomic mass is 9.87. The number of nitrogens with zero attached hydrogens (tertiary/aromatic N) is 3. The Kier molecular flexibility index (Phi) is 7.25. The van der Waals surface area contributed by atoms with Crippen molar-refractivity contribution < 1.29 is 17.6 Å². The van der Waals surface area contributed by atoms with E-state index < -0.39 is 16.1 Å². The van der Waals surface area contributed by atoms with Gasteiger partial charge in [-0.3, -0.25) is 4.79 Å². The van der Waals surface area contributed by atoms with Crippen LogP contribution < -0.4 is 9.62 Å². The number of rotatable bonds is 8. The van der Waals surface area contributed by atoms with Gasteiger partial charge < -0.3 is 9.47 Å². The summed E-state index contributed by atoms with van der Waals surface area (Å²) in [5.41, 5.74) is 4.06. The molecule has 0 aliphatic heterocycles. The maximum absolute atomic E-state index is 14.5. The van der Waals surface area contributed by atoms with Gasteiger partial charge in [0.2, 0.25) is 15.9 Å². The molecule has 1 saturated carbocycles. The van der Waals surface area contributed by atoms with Crippen molar-refractivity contribution in [1.82, 2.24) is 14.3 Å². The summed E-state index contributed by atoms with van der Waals surface area (Å²) in [7, 11) is -1.86. The number of hydrogen-bond donors (Lipinski definition) is 1. The molecule has 1 fully saturated rings. The van der Waals surface area contributed by atoms with Gasteiger partial charge in [-0.1, -0.05) is 36.4 Å². The van der Waals surface area contributed by atoms with Gasteiger partial charge in [0.05, 0.1) is 11.4 Å². The highest BCUT2D eigenvalue weighted by atomic mass is 32.2. The number of nitrogens with one attached hydrogen (secondary N) is 1. The van der Waals surface area contributed by atoms with Gasteiger partial charge in [-0.05, 0) is 91.1 Å². The topological polar surface area (TPSA) is 84.3 Å². The van der Waals surface area contributed by atoms with Gasteiger partial charge in [0.25, 0.3) is 0 Å². The number of sulfonamides is 1. The van der Waals surface area contributed by atoms with Gasteiger partial charge in [0.1, 0.15) is 11.6 Å². The molecule has 41 heavy (non-hydrogen) atoms. The summed E-state index contributed by atoms with van der Waals surface area (Å²) < 4.78 is 46.0. The minimum Gasteiger partial charge on any atom is -0.337 e. The molecule has 1 amide bonds. The van der Waals surface area contributed by atoms with Crippen LogP contribution in [0.4, 0.5) is 10.1 Å². The monoisotopic (exact) mass is 572 g/mol. The maximum Gasteiger partial charge on any atom is 0.241 e. The molecule has 4 aromatic rings. The summed E-state index contributed by atoms with van der Waals surface area (Å²) in [6, 6.07) is 19.0. The predicted octanol–water partition coefficient (Wildman–Crippen LogP) is 5.56. The van der Waals surface area contributed by atoms with E-state index in [0.717, 1.165) is 35.4 Å². The fourth-order valence-electron chi connectivity index (χ4n) is 5.89. The number of aryl methyl sites for hydroxylation is 3. The normalized spacial score (nSPS) is 19.9. The zero-order valence-electron chi connectivity index (χ0n) is 23.1. The molecule has 0 spiro atoms. The second-order valence-electron chi connectivity index (χ2n) is 11.1.